The van der Waals surface area contributed by atoms with Crippen LogP contribution in [-0.2, 0) is 9.84 Å². The van der Waals surface area contributed by atoms with Crippen molar-refractivity contribution < 1.29 is 89.5 Å². The van der Waals surface area contributed by atoms with Gasteiger partial charge in [0.15, 0.2) is 27.1 Å². The molecule has 8 saturated carbocycles. The smallest absolute Gasteiger partial charge is 1.00 e. The summed E-state index contributed by atoms with van der Waals surface area (Å²) in [4.78, 5) is -0.0579. The SMILES string of the molecule is C.C.CO.C[C@H](CC(C[C@H](O)C(F)(F)F)S(=O)(=O)c1ccccc1)[C@H]1CC[C@H]2[C@@H]3CC[C@H]4C[C@](O)(C(F)(F)F)CC[C@]4(C)[C@H]3CC[C@]12C.C[C@H](CCC[C@H](O)C(F)(F)F)[C@H]1CC[C@H]2[C@@H]3CC[C@H]4C[C@](O)(C(F)(F)F)CC[C@]4(C)[C@H]3CC[C@]12C.[H-].[H-].[Mg+2]. The van der Waals surface area contributed by atoms with Crippen molar-refractivity contribution in [1.29, 1.82) is 0 Å². The molecule has 8 aliphatic rings. The summed E-state index contributed by atoms with van der Waals surface area (Å²) in [5.41, 5.74) is -5.67. The van der Waals surface area contributed by atoms with Crippen LogP contribution in [-0.4, -0.2) is 117 Å². The maximum absolute atomic E-state index is 13.7. The molecule has 1 unspecified atom stereocenters. The third kappa shape index (κ3) is 14.2. The molecule has 21 atom stereocenters. The van der Waals surface area contributed by atoms with Gasteiger partial charge in [0.1, 0.15) is 6.10 Å². The zero-order valence-electron chi connectivity index (χ0n) is 51.0. The summed E-state index contributed by atoms with van der Waals surface area (Å²) < 4.78 is 187. The van der Waals surface area contributed by atoms with E-state index in [0.717, 1.165) is 77.7 Å². The van der Waals surface area contributed by atoms with E-state index in [-0.39, 0.29) is 141 Å². The van der Waals surface area contributed by atoms with Crippen LogP contribution in [0.2, 0.25) is 0 Å². The number of aliphatic hydroxyl groups is 5. The Hall–Kier alpha value is -1.10. The van der Waals surface area contributed by atoms with E-state index in [1.165, 1.54) is 24.3 Å². The van der Waals surface area contributed by atoms with Gasteiger partial charge in [0.05, 0.1) is 10.1 Å². The minimum Gasteiger partial charge on any atom is -1.00 e. The van der Waals surface area contributed by atoms with Gasteiger partial charge in [-0.25, -0.2) is 8.42 Å². The van der Waals surface area contributed by atoms with Crippen LogP contribution in [0.4, 0.5) is 52.7 Å². The third-order valence-electron chi connectivity index (χ3n) is 24.6. The first kappa shape index (κ1) is 75.4. The Morgan fingerprint density at radius 1 is 0.524 bits per heavy atom. The number of sulfone groups is 1. The minimum atomic E-state index is -4.93. The van der Waals surface area contributed by atoms with E-state index in [2.05, 4.69) is 34.6 Å². The predicted molar refractivity (Wildman–Crippen MR) is 305 cm³/mol. The van der Waals surface area contributed by atoms with Crippen molar-refractivity contribution in [2.24, 2.45) is 92.7 Å². The molecule has 7 nitrogen and oxygen atoms in total. The van der Waals surface area contributed by atoms with Gasteiger partial charge in [-0.05, 0) is 240 Å². The molecule has 0 radical (unpaired) electrons. The Morgan fingerprint density at radius 3 is 1.31 bits per heavy atom. The summed E-state index contributed by atoms with van der Waals surface area (Å²) in [5.74, 6) is 2.53. The maximum Gasteiger partial charge on any atom is 2.00 e. The number of aliphatic hydroxyl groups excluding tert-OH is 3. The zero-order chi connectivity index (χ0) is 60.5. The molecule has 0 spiro atoms. The van der Waals surface area contributed by atoms with E-state index in [9.17, 15) is 81.5 Å². The second-order valence-electron chi connectivity index (χ2n) is 28.2. The van der Waals surface area contributed by atoms with E-state index in [1.807, 2.05) is 6.92 Å². The number of halogens is 12. The van der Waals surface area contributed by atoms with Crippen molar-refractivity contribution in [3.63, 3.8) is 0 Å². The molecule has 0 amide bonds. The van der Waals surface area contributed by atoms with Crippen LogP contribution in [0.25, 0.3) is 0 Å². The van der Waals surface area contributed by atoms with E-state index in [0.29, 0.717) is 67.6 Å². The molecule has 0 aromatic heterocycles. The number of alkyl halides is 12. The number of fused-ring (bicyclic) bond motifs is 10. The van der Waals surface area contributed by atoms with Gasteiger partial charge in [-0.2, -0.15) is 52.7 Å². The Bertz CT molecular complexity index is 2390. The van der Waals surface area contributed by atoms with Crippen LogP contribution in [0.15, 0.2) is 35.2 Å². The second-order valence-corrected chi connectivity index (χ2v) is 30.4. The Balaban J connectivity index is 0.000000551. The van der Waals surface area contributed by atoms with E-state index in [1.54, 1.807) is 6.07 Å². The van der Waals surface area contributed by atoms with Crippen molar-refractivity contribution in [1.82, 2.24) is 0 Å². The molecule has 1 aromatic rings. The number of benzene rings is 1. The summed E-state index contributed by atoms with van der Waals surface area (Å²) in [6.45, 7) is 12.9. The molecule has 8 fully saturated rings. The van der Waals surface area contributed by atoms with Gasteiger partial charge in [-0.3, -0.25) is 0 Å². The van der Waals surface area contributed by atoms with E-state index < -0.39 is 69.6 Å². The summed E-state index contributed by atoms with van der Waals surface area (Å²) in [7, 11) is -3.15. The average Bonchev–Trinajstić information content (AvgIpc) is 1.26. The van der Waals surface area contributed by atoms with Crippen molar-refractivity contribution in [3.05, 3.63) is 30.3 Å². The van der Waals surface area contributed by atoms with Crippen LogP contribution in [0, 0.1) is 92.7 Å². The Kier molecular flexibility index (Phi) is 24.2. The largest absolute Gasteiger partial charge is 2.00 e. The first-order chi connectivity index (χ1) is 37.3. The molecule has 9 rings (SSSR count). The topological polar surface area (TPSA) is 135 Å². The Morgan fingerprint density at radius 2 is 0.917 bits per heavy atom. The molecule has 0 saturated heterocycles. The number of rotatable bonds is 12. The molecule has 21 heteroatoms. The van der Waals surface area contributed by atoms with Crippen molar-refractivity contribution in [2.45, 2.75) is 262 Å². The standard InChI is InChI=1S/C33H46F6O4S.C27H42F6O2.CH4O.2CH4.Mg.2H/c1-20(17-23(18-28(40)32(34,35)36)44(42,43)22-7-5-4-6-8-22)25-11-12-26-24-10-9-21-19-31(41,33(37,38)39)16-15-29(21,2)27(24)13-14-30(25,26)3;1-16(5-4-6-22(34)26(28,29)30)19-9-10-20-18-8-7-17-15-25(35,27(31,32)33)14-13-23(17,2)21(18)11-12-24(19,20)3;1-2;;;;;/h4-8,20-21,23-28,40-41H,9-19H2,1-3H3;16-22,34-35H,4-15H2,1-3H3;2H,1H3;2*1H4;;;/q;;;;;+2;2*-1/t20-,21+,23?,24+,25-,26+,27+,28+,29+,30-,31+;16-,17+,18+,19-,20+,21+,22+,23+,24-,25+;;;;;;/m11....../s1. The van der Waals surface area contributed by atoms with Crippen LogP contribution in [0.3, 0.4) is 0 Å². The van der Waals surface area contributed by atoms with Gasteiger partial charge in [0.2, 0.25) is 0 Å². The summed E-state index contributed by atoms with van der Waals surface area (Å²) >= 11 is 0. The van der Waals surface area contributed by atoms with Crippen molar-refractivity contribution >= 4 is 32.9 Å². The molecule has 1 aromatic carbocycles. The quantitative estimate of drug-likeness (QED) is 0.104. The molecular formula is C63H102F12MgO7S. The molecule has 0 heterocycles. The third-order valence-corrected chi connectivity index (χ3v) is 26.7. The van der Waals surface area contributed by atoms with Crippen molar-refractivity contribution in [3.8, 4) is 0 Å². The monoisotopic (exact) mass is 1250 g/mol. The molecule has 8 aliphatic carbocycles. The average molecular weight is 1260 g/mol. The van der Waals surface area contributed by atoms with Gasteiger partial charge < -0.3 is 28.4 Å². The number of hydrogen-bond donors (Lipinski definition) is 5. The first-order valence-electron chi connectivity index (χ1n) is 30.1. The fourth-order valence-corrected chi connectivity index (χ4v) is 22.0. The molecule has 5 N–H and O–H groups in total. The van der Waals surface area contributed by atoms with Crippen LogP contribution in [0.1, 0.15) is 207 Å². The van der Waals surface area contributed by atoms with E-state index >= 15 is 0 Å². The summed E-state index contributed by atoms with van der Waals surface area (Å²) in [5, 5.41) is 45.8. The van der Waals surface area contributed by atoms with Gasteiger partial charge in [-0.15, -0.1) is 0 Å². The van der Waals surface area contributed by atoms with Gasteiger partial charge in [0, 0.05) is 7.11 Å². The first-order valence-corrected chi connectivity index (χ1v) is 31.6. The van der Waals surface area contributed by atoms with Crippen LogP contribution >= 0.6 is 0 Å². The fourth-order valence-electron chi connectivity index (χ4n) is 20.1. The molecule has 84 heavy (non-hydrogen) atoms. The van der Waals surface area contributed by atoms with Crippen LogP contribution in [0.5, 0.6) is 0 Å². The normalized spacial score (nSPS) is 40.1. The van der Waals surface area contributed by atoms with Gasteiger partial charge >= 0.3 is 47.8 Å². The van der Waals surface area contributed by atoms with Gasteiger partial charge in [0.25, 0.3) is 0 Å². The Labute approximate surface area is 512 Å². The summed E-state index contributed by atoms with van der Waals surface area (Å²) in [6, 6.07) is 7.44. The fraction of sp³-hybridized carbons (Fsp3) is 0.905. The minimum absolute atomic E-state index is 0. The van der Waals surface area contributed by atoms with E-state index in [4.69, 9.17) is 5.11 Å². The summed E-state index contributed by atoms with van der Waals surface area (Å²) in [6.07, 6.45) is -13.4. The molecule has 0 bridgehead atoms. The molecule has 488 valence electrons. The molecule has 0 aliphatic heterocycles. The maximum atomic E-state index is 13.7. The zero-order valence-corrected chi connectivity index (χ0v) is 51.2. The molecular weight excluding hydrogens is 1150 g/mol. The van der Waals surface area contributed by atoms with Gasteiger partial charge in [-0.1, -0.05) is 87.4 Å². The predicted octanol–water partition coefficient (Wildman–Crippen LogP) is 16.5. The van der Waals surface area contributed by atoms with Crippen molar-refractivity contribution in [2.75, 3.05) is 7.11 Å². The second kappa shape index (κ2) is 27.0. The van der Waals surface area contributed by atoms with Crippen LogP contribution < -0.4 is 0 Å². The number of hydrogen-bond acceptors (Lipinski definition) is 7.